The maximum atomic E-state index is 13.3. The number of hydrogen-bond donors (Lipinski definition) is 2. The second kappa shape index (κ2) is 5.34. The van der Waals surface area contributed by atoms with E-state index in [1.807, 2.05) is 0 Å². The normalized spacial score (nSPS) is 10.0. The number of para-hydroxylation sites is 1. The summed E-state index contributed by atoms with van der Waals surface area (Å²) in [7, 11) is 1.55. The fourth-order valence-electron chi connectivity index (χ4n) is 1.49. The molecular formula is C13H12FN3O2. The summed E-state index contributed by atoms with van der Waals surface area (Å²) in [5, 5.41) is 0. The van der Waals surface area contributed by atoms with Crippen molar-refractivity contribution >= 4 is 11.6 Å². The van der Waals surface area contributed by atoms with Gasteiger partial charge < -0.3 is 4.57 Å². The molecule has 0 bridgehead atoms. The van der Waals surface area contributed by atoms with Gasteiger partial charge in [0, 0.05) is 19.3 Å². The second-order valence-electron chi connectivity index (χ2n) is 3.93. The highest BCUT2D eigenvalue weighted by Crippen LogP contribution is 2.10. The fraction of sp³-hybridized carbons (Fsp3) is 0.0769. The van der Waals surface area contributed by atoms with Gasteiger partial charge in [0.1, 0.15) is 5.82 Å². The first-order chi connectivity index (χ1) is 9.08. The summed E-state index contributed by atoms with van der Waals surface area (Å²) in [5.41, 5.74) is 5.10. The SMILES string of the molecule is Cn1cc(C(=O)NNc2ccccc2F)ccc1=O. The summed E-state index contributed by atoms with van der Waals surface area (Å²) in [6, 6.07) is 8.66. The number of anilines is 1. The molecule has 19 heavy (non-hydrogen) atoms. The smallest absolute Gasteiger partial charge is 0.271 e. The minimum absolute atomic E-state index is 0.167. The number of nitrogens with one attached hydrogen (secondary N) is 2. The van der Waals surface area contributed by atoms with Crippen molar-refractivity contribution in [1.82, 2.24) is 9.99 Å². The minimum atomic E-state index is -0.469. The van der Waals surface area contributed by atoms with Gasteiger partial charge in [0.15, 0.2) is 0 Å². The van der Waals surface area contributed by atoms with E-state index in [1.54, 1.807) is 19.2 Å². The van der Waals surface area contributed by atoms with Crippen LogP contribution in [0.3, 0.4) is 0 Å². The van der Waals surface area contributed by atoms with Gasteiger partial charge in [0.05, 0.1) is 11.3 Å². The van der Waals surface area contributed by atoms with Gasteiger partial charge in [-0.15, -0.1) is 0 Å². The molecule has 1 amide bonds. The number of aromatic nitrogens is 1. The van der Waals surface area contributed by atoms with Crippen LogP contribution in [0.4, 0.5) is 10.1 Å². The second-order valence-corrected chi connectivity index (χ2v) is 3.93. The van der Waals surface area contributed by atoms with Crippen LogP contribution in [0.25, 0.3) is 0 Å². The predicted octanol–water partition coefficient (Wildman–Crippen LogP) is 1.28. The zero-order chi connectivity index (χ0) is 13.8. The van der Waals surface area contributed by atoms with Gasteiger partial charge in [-0.05, 0) is 18.2 Å². The van der Waals surface area contributed by atoms with Crippen LogP contribution in [0.2, 0.25) is 0 Å². The van der Waals surface area contributed by atoms with Crippen LogP contribution < -0.4 is 16.4 Å². The first kappa shape index (κ1) is 12.8. The lowest BCUT2D eigenvalue weighted by molar-refractivity contribution is 0.0962. The van der Waals surface area contributed by atoms with E-state index in [-0.39, 0.29) is 11.2 Å². The molecule has 0 unspecified atom stereocenters. The molecule has 1 aromatic heterocycles. The molecule has 0 aliphatic heterocycles. The van der Waals surface area contributed by atoms with E-state index >= 15 is 0 Å². The van der Waals surface area contributed by atoms with E-state index in [9.17, 15) is 14.0 Å². The summed E-state index contributed by atoms with van der Waals surface area (Å²) < 4.78 is 14.6. The van der Waals surface area contributed by atoms with Gasteiger partial charge in [-0.2, -0.15) is 0 Å². The van der Waals surface area contributed by atoms with Gasteiger partial charge in [0.25, 0.3) is 5.91 Å². The van der Waals surface area contributed by atoms with Crippen LogP contribution in [0.5, 0.6) is 0 Å². The van der Waals surface area contributed by atoms with Crippen molar-refractivity contribution in [3.8, 4) is 0 Å². The molecule has 0 radical (unpaired) electrons. The Morgan fingerprint density at radius 3 is 2.63 bits per heavy atom. The lowest BCUT2D eigenvalue weighted by Gasteiger charge is -2.09. The van der Waals surface area contributed by atoms with Crippen LogP contribution in [-0.2, 0) is 7.05 Å². The van der Waals surface area contributed by atoms with E-state index < -0.39 is 11.7 Å². The maximum absolute atomic E-state index is 13.3. The van der Waals surface area contributed by atoms with Crippen LogP contribution in [0.15, 0.2) is 47.4 Å². The summed E-state index contributed by atoms with van der Waals surface area (Å²) in [6.07, 6.45) is 1.40. The standard InChI is InChI=1S/C13H12FN3O2/c1-17-8-9(6-7-12(17)18)13(19)16-15-11-5-3-2-4-10(11)14/h2-8,15H,1H3,(H,16,19). The van der Waals surface area contributed by atoms with Crippen LogP contribution in [0, 0.1) is 5.82 Å². The highest BCUT2D eigenvalue weighted by Gasteiger charge is 2.07. The van der Waals surface area contributed by atoms with Crippen molar-refractivity contribution in [2.45, 2.75) is 0 Å². The van der Waals surface area contributed by atoms with Crippen molar-refractivity contribution in [3.05, 3.63) is 64.3 Å². The number of benzene rings is 1. The maximum Gasteiger partial charge on any atom is 0.271 e. The number of aryl methyl sites for hydroxylation is 1. The van der Waals surface area contributed by atoms with Crippen molar-refractivity contribution in [1.29, 1.82) is 0 Å². The number of amides is 1. The van der Waals surface area contributed by atoms with E-state index in [0.717, 1.165) is 0 Å². The predicted molar refractivity (Wildman–Crippen MR) is 69.2 cm³/mol. The molecule has 2 N–H and O–H groups in total. The molecule has 98 valence electrons. The number of nitrogens with zero attached hydrogens (tertiary/aromatic N) is 1. The Morgan fingerprint density at radius 1 is 1.21 bits per heavy atom. The Bertz CT molecular complexity index is 667. The average Bonchev–Trinajstić information content (AvgIpc) is 2.40. The summed E-state index contributed by atoms with van der Waals surface area (Å²) in [4.78, 5) is 23.0. The number of hydrogen-bond acceptors (Lipinski definition) is 3. The van der Waals surface area contributed by atoms with Crippen LogP contribution in [-0.4, -0.2) is 10.5 Å². The van der Waals surface area contributed by atoms with Gasteiger partial charge in [0.2, 0.25) is 5.56 Å². The Morgan fingerprint density at radius 2 is 1.95 bits per heavy atom. The Kier molecular flexibility index (Phi) is 3.61. The van der Waals surface area contributed by atoms with Crippen LogP contribution >= 0.6 is 0 Å². The first-order valence-electron chi connectivity index (χ1n) is 5.55. The lowest BCUT2D eigenvalue weighted by Crippen LogP contribution is -2.31. The molecule has 6 heteroatoms. The number of carbonyl (C=O) groups is 1. The molecule has 0 atom stereocenters. The zero-order valence-electron chi connectivity index (χ0n) is 10.2. The molecule has 1 heterocycles. The molecule has 0 aliphatic carbocycles. The van der Waals surface area contributed by atoms with Gasteiger partial charge in [-0.3, -0.25) is 20.4 Å². The number of pyridine rings is 1. The third kappa shape index (κ3) is 2.98. The van der Waals surface area contributed by atoms with Crippen molar-refractivity contribution in [3.63, 3.8) is 0 Å². The van der Waals surface area contributed by atoms with Crippen LogP contribution in [0.1, 0.15) is 10.4 Å². The lowest BCUT2D eigenvalue weighted by atomic mass is 10.2. The Labute approximate surface area is 108 Å². The minimum Gasteiger partial charge on any atom is -0.318 e. The largest absolute Gasteiger partial charge is 0.318 e. The quantitative estimate of drug-likeness (QED) is 0.818. The monoisotopic (exact) mass is 261 g/mol. The summed E-state index contributed by atoms with van der Waals surface area (Å²) >= 11 is 0. The number of rotatable bonds is 3. The fourth-order valence-corrected chi connectivity index (χ4v) is 1.49. The Balaban J connectivity index is 2.08. The molecule has 1 aromatic carbocycles. The molecule has 0 saturated carbocycles. The molecule has 0 fully saturated rings. The van der Waals surface area contributed by atoms with E-state index in [4.69, 9.17) is 0 Å². The third-order valence-corrected chi connectivity index (χ3v) is 2.53. The van der Waals surface area contributed by atoms with Crippen molar-refractivity contribution in [2.75, 3.05) is 5.43 Å². The van der Waals surface area contributed by atoms with E-state index in [1.165, 1.54) is 35.0 Å². The molecule has 0 saturated heterocycles. The van der Waals surface area contributed by atoms with Gasteiger partial charge in [-0.1, -0.05) is 12.1 Å². The summed E-state index contributed by atoms with van der Waals surface area (Å²) in [6.45, 7) is 0. The van der Waals surface area contributed by atoms with Gasteiger partial charge >= 0.3 is 0 Å². The molecule has 5 nitrogen and oxygen atoms in total. The molecule has 2 rings (SSSR count). The number of carbonyl (C=O) groups excluding carboxylic acids is 1. The third-order valence-electron chi connectivity index (χ3n) is 2.53. The van der Waals surface area contributed by atoms with Gasteiger partial charge in [-0.25, -0.2) is 4.39 Å². The molecule has 0 aliphatic rings. The van der Waals surface area contributed by atoms with Crippen molar-refractivity contribution < 1.29 is 9.18 Å². The van der Waals surface area contributed by atoms with Crippen molar-refractivity contribution in [2.24, 2.45) is 7.05 Å². The first-order valence-corrected chi connectivity index (χ1v) is 5.55. The summed E-state index contributed by atoms with van der Waals surface area (Å²) in [5.74, 6) is -0.929. The highest BCUT2D eigenvalue weighted by molar-refractivity contribution is 5.94. The number of halogens is 1. The highest BCUT2D eigenvalue weighted by atomic mass is 19.1. The molecule has 2 aromatic rings. The van der Waals surface area contributed by atoms with E-state index in [0.29, 0.717) is 5.56 Å². The average molecular weight is 261 g/mol. The topological polar surface area (TPSA) is 63.1 Å². The number of hydrazine groups is 1. The molecular weight excluding hydrogens is 249 g/mol. The Hall–Kier alpha value is -2.63. The molecule has 0 spiro atoms. The zero-order valence-corrected chi connectivity index (χ0v) is 10.2. The van der Waals surface area contributed by atoms with E-state index in [2.05, 4.69) is 10.9 Å².